The van der Waals surface area contributed by atoms with Crippen molar-refractivity contribution < 1.29 is 9.47 Å². The molecule has 3 heterocycles. The number of anilines is 2. The average molecular weight is 335 g/mol. The zero-order valence-corrected chi connectivity index (χ0v) is 13.9. The first-order valence-electron chi connectivity index (χ1n) is 7.85. The summed E-state index contributed by atoms with van der Waals surface area (Å²) in [6.45, 7) is 2.38. The fourth-order valence-corrected chi connectivity index (χ4v) is 2.70. The number of pyridine rings is 1. The van der Waals surface area contributed by atoms with Gasteiger partial charge >= 0.3 is 0 Å². The minimum Gasteiger partial charge on any atom is -0.496 e. The van der Waals surface area contributed by atoms with Crippen LogP contribution in [0.2, 0.25) is 0 Å². The lowest BCUT2D eigenvalue weighted by molar-refractivity contribution is 0.218. The van der Waals surface area contributed by atoms with E-state index in [9.17, 15) is 0 Å². The summed E-state index contributed by atoms with van der Waals surface area (Å²) in [6.07, 6.45) is 5.12. The van der Waals surface area contributed by atoms with Crippen molar-refractivity contribution in [1.29, 1.82) is 0 Å². The molecule has 1 aliphatic rings. The van der Waals surface area contributed by atoms with Gasteiger partial charge in [-0.05, 0) is 36.8 Å². The van der Waals surface area contributed by atoms with E-state index in [2.05, 4.69) is 20.4 Å². The Labute approximate surface area is 144 Å². The molecule has 3 aromatic rings. The molecule has 0 saturated carbocycles. The van der Waals surface area contributed by atoms with E-state index in [0.29, 0.717) is 12.6 Å². The topological polar surface area (TPSA) is 74.1 Å². The van der Waals surface area contributed by atoms with Crippen molar-refractivity contribution in [2.45, 2.75) is 13.5 Å². The molecule has 4 rings (SSSR count). The quantitative estimate of drug-likeness (QED) is 0.788. The smallest absolute Gasteiger partial charge is 0.247 e. The molecule has 0 bridgehead atoms. The third-order valence-electron chi connectivity index (χ3n) is 3.88. The maximum absolute atomic E-state index is 5.56. The maximum atomic E-state index is 5.56. The Bertz CT molecular complexity index is 948. The molecule has 0 atom stereocenters. The van der Waals surface area contributed by atoms with Crippen LogP contribution in [0.5, 0.6) is 5.75 Å². The van der Waals surface area contributed by atoms with Gasteiger partial charge in [0.25, 0.3) is 0 Å². The van der Waals surface area contributed by atoms with Gasteiger partial charge in [-0.1, -0.05) is 0 Å². The number of methoxy groups -OCH3 is 1. The molecule has 1 N–H and O–H groups in total. The zero-order valence-electron chi connectivity index (χ0n) is 13.9. The highest BCUT2D eigenvalue weighted by atomic mass is 16.5. The van der Waals surface area contributed by atoms with E-state index in [1.165, 1.54) is 0 Å². The summed E-state index contributed by atoms with van der Waals surface area (Å²) < 4.78 is 12.5. The molecule has 0 saturated heterocycles. The van der Waals surface area contributed by atoms with Crippen LogP contribution < -0.4 is 10.1 Å². The Kier molecular flexibility index (Phi) is 3.81. The lowest BCUT2D eigenvalue weighted by Crippen LogP contribution is -2.03. The van der Waals surface area contributed by atoms with Gasteiger partial charge in [0.1, 0.15) is 18.6 Å². The number of nitrogens with one attached hydrogen (secondary N) is 1. The Morgan fingerprint density at radius 2 is 2.16 bits per heavy atom. The van der Waals surface area contributed by atoms with Crippen molar-refractivity contribution in [2.75, 3.05) is 12.4 Å². The highest BCUT2D eigenvalue weighted by Gasteiger charge is 2.13. The predicted molar refractivity (Wildman–Crippen MR) is 94.4 cm³/mol. The lowest BCUT2D eigenvalue weighted by atomic mass is 10.0. The van der Waals surface area contributed by atoms with Gasteiger partial charge in [-0.2, -0.15) is 4.98 Å². The summed E-state index contributed by atoms with van der Waals surface area (Å²) in [5.74, 6) is 2.03. The number of fused-ring (bicyclic) bond motifs is 1. The van der Waals surface area contributed by atoms with Gasteiger partial charge in [0.15, 0.2) is 5.82 Å². The number of ether oxygens (including phenoxy) is 2. The molecule has 1 aromatic carbocycles. The van der Waals surface area contributed by atoms with Crippen LogP contribution >= 0.6 is 0 Å². The molecule has 0 aliphatic carbocycles. The lowest BCUT2D eigenvalue weighted by Gasteiger charge is -2.11. The van der Waals surface area contributed by atoms with Crippen LogP contribution in [0.3, 0.4) is 0 Å². The first-order chi connectivity index (χ1) is 12.2. The van der Waals surface area contributed by atoms with Crippen molar-refractivity contribution >= 4 is 17.8 Å². The first-order valence-corrected chi connectivity index (χ1v) is 7.85. The number of aromatic nitrogens is 4. The number of aryl methyl sites for hydroxylation is 1. The zero-order chi connectivity index (χ0) is 17.2. The molecular formula is C18H17N5O2. The number of hydrogen-bond acceptors (Lipinski definition) is 6. The van der Waals surface area contributed by atoms with Gasteiger partial charge in [0, 0.05) is 29.2 Å². The molecule has 7 nitrogen and oxygen atoms in total. The molecule has 0 fully saturated rings. The molecule has 2 aromatic heterocycles. The van der Waals surface area contributed by atoms with Crippen LogP contribution in [0, 0.1) is 6.92 Å². The molecule has 0 spiro atoms. The summed E-state index contributed by atoms with van der Waals surface area (Å²) in [7, 11) is 1.66. The van der Waals surface area contributed by atoms with Crippen molar-refractivity contribution in [3.05, 3.63) is 54.3 Å². The fourth-order valence-electron chi connectivity index (χ4n) is 2.70. The average Bonchev–Trinajstić information content (AvgIpc) is 3.03. The van der Waals surface area contributed by atoms with Crippen LogP contribution in [0.4, 0.5) is 11.6 Å². The number of hydrogen-bond donors (Lipinski definition) is 1. The van der Waals surface area contributed by atoms with Gasteiger partial charge in [-0.25, -0.2) is 4.68 Å². The molecule has 1 aliphatic heterocycles. The summed E-state index contributed by atoms with van der Waals surface area (Å²) in [4.78, 5) is 8.65. The summed E-state index contributed by atoms with van der Waals surface area (Å²) >= 11 is 0. The van der Waals surface area contributed by atoms with Crippen molar-refractivity contribution in [3.8, 4) is 16.9 Å². The van der Waals surface area contributed by atoms with Gasteiger partial charge in [-0.3, -0.25) is 4.98 Å². The summed E-state index contributed by atoms with van der Waals surface area (Å²) in [5, 5.41) is 7.57. The standard InChI is InChI=1S/C18H17N5O2/c1-12-9-13(5-6-19-12)15-4-3-14(10-16(15)24-2)20-18-21-17-11-25-8-7-23(17)22-18/h3-10H,11H2,1-2H3,(H,20,22). The third kappa shape index (κ3) is 3.03. The van der Waals surface area contributed by atoms with Gasteiger partial charge in [0.2, 0.25) is 5.95 Å². The second-order valence-corrected chi connectivity index (χ2v) is 5.62. The minimum absolute atomic E-state index is 0.412. The van der Waals surface area contributed by atoms with E-state index in [-0.39, 0.29) is 0 Å². The van der Waals surface area contributed by atoms with E-state index in [1.54, 1.807) is 30.5 Å². The summed E-state index contributed by atoms with van der Waals surface area (Å²) in [5.41, 5.74) is 3.88. The number of rotatable bonds is 4. The van der Waals surface area contributed by atoms with Gasteiger partial charge < -0.3 is 14.8 Å². The van der Waals surface area contributed by atoms with E-state index in [1.807, 2.05) is 37.3 Å². The summed E-state index contributed by atoms with van der Waals surface area (Å²) in [6, 6.07) is 9.91. The second-order valence-electron chi connectivity index (χ2n) is 5.62. The van der Waals surface area contributed by atoms with Crippen LogP contribution in [0.25, 0.3) is 17.3 Å². The van der Waals surface area contributed by atoms with Crippen LogP contribution in [-0.2, 0) is 11.3 Å². The maximum Gasteiger partial charge on any atom is 0.247 e. The highest BCUT2D eigenvalue weighted by molar-refractivity contribution is 5.74. The normalized spacial score (nSPS) is 12.4. The van der Waals surface area contributed by atoms with Crippen LogP contribution in [-0.4, -0.2) is 26.9 Å². The van der Waals surface area contributed by atoms with Crippen LogP contribution in [0.15, 0.2) is 42.8 Å². The largest absolute Gasteiger partial charge is 0.496 e. The third-order valence-corrected chi connectivity index (χ3v) is 3.88. The number of benzene rings is 1. The Morgan fingerprint density at radius 1 is 1.24 bits per heavy atom. The van der Waals surface area contributed by atoms with E-state index in [0.717, 1.165) is 34.1 Å². The SMILES string of the molecule is COc1cc(Nc2nc3n(n2)C=COC3)ccc1-c1ccnc(C)c1. The Morgan fingerprint density at radius 3 is 2.96 bits per heavy atom. The Hall–Kier alpha value is -3.35. The molecule has 0 unspecified atom stereocenters. The second kappa shape index (κ2) is 6.27. The molecule has 25 heavy (non-hydrogen) atoms. The van der Waals surface area contributed by atoms with Crippen molar-refractivity contribution in [3.63, 3.8) is 0 Å². The minimum atomic E-state index is 0.412. The molecule has 0 radical (unpaired) electrons. The molecule has 7 heteroatoms. The molecular weight excluding hydrogens is 318 g/mol. The highest BCUT2D eigenvalue weighted by Crippen LogP contribution is 2.33. The van der Waals surface area contributed by atoms with E-state index in [4.69, 9.17) is 9.47 Å². The molecule has 126 valence electrons. The van der Waals surface area contributed by atoms with E-state index < -0.39 is 0 Å². The Balaban J connectivity index is 1.63. The monoisotopic (exact) mass is 335 g/mol. The predicted octanol–water partition coefficient (Wildman–Crippen LogP) is 3.36. The molecule has 0 amide bonds. The van der Waals surface area contributed by atoms with E-state index >= 15 is 0 Å². The number of nitrogens with zero attached hydrogens (tertiary/aromatic N) is 4. The van der Waals surface area contributed by atoms with Gasteiger partial charge in [0.05, 0.1) is 13.3 Å². The van der Waals surface area contributed by atoms with Crippen molar-refractivity contribution in [1.82, 2.24) is 19.7 Å². The first kappa shape index (κ1) is 15.2. The fraction of sp³-hybridized carbons (Fsp3) is 0.167. The van der Waals surface area contributed by atoms with Gasteiger partial charge in [-0.15, -0.1) is 5.10 Å². The van der Waals surface area contributed by atoms with Crippen LogP contribution in [0.1, 0.15) is 11.5 Å². The van der Waals surface area contributed by atoms with Crippen molar-refractivity contribution in [2.24, 2.45) is 0 Å².